The molecule has 0 aliphatic rings. The molecule has 3 rings (SSSR count). The number of benzene rings is 1. The van der Waals surface area contributed by atoms with E-state index < -0.39 is 0 Å². The molecular weight excluding hydrogens is 312 g/mol. The smallest absolute Gasteiger partial charge is 0.257 e. The fraction of sp³-hybridized carbons (Fsp3) is 0.188. The number of nitrogens with one attached hydrogen (secondary N) is 1. The van der Waals surface area contributed by atoms with Crippen molar-refractivity contribution in [3.05, 3.63) is 59.9 Å². The first-order valence-electron chi connectivity index (χ1n) is 7.20. The van der Waals surface area contributed by atoms with Crippen LogP contribution in [0.25, 0.3) is 5.13 Å². The lowest BCUT2D eigenvalue weighted by Crippen LogP contribution is -2.30. The molecule has 1 aromatic carbocycles. The number of ether oxygens (including phenoxy) is 1. The third-order valence-corrected chi connectivity index (χ3v) is 3.94. The summed E-state index contributed by atoms with van der Waals surface area (Å²) in [6.45, 7) is 0.541. The molecular formula is C16H16N4O2S. The van der Waals surface area contributed by atoms with Crippen LogP contribution in [0.5, 0.6) is 5.75 Å². The standard InChI is InChI=1S/C16H16N4O2S/c21-15(11-22-14-5-2-1-3-6-14)17-9-7-13-12-23-16(19-13)20-10-4-8-18-20/h1-6,8,10,12H,7,9,11H2,(H,17,21). The van der Waals surface area contributed by atoms with Gasteiger partial charge in [0.05, 0.1) is 5.69 Å². The van der Waals surface area contributed by atoms with E-state index in [-0.39, 0.29) is 12.5 Å². The van der Waals surface area contributed by atoms with E-state index in [1.165, 1.54) is 11.3 Å². The van der Waals surface area contributed by atoms with Crippen molar-refractivity contribution < 1.29 is 9.53 Å². The van der Waals surface area contributed by atoms with Gasteiger partial charge in [-0.25, -0.2) is 9.67 Å². The summed E-state index contributed by atoms with van der Waals surface area (Å²) in [5.41, 5.74) is 0.935. The highest BCUT2D eigenvalue weighted by atomic mass is 32.1. The van der Waals surface area contributed by atoms with Crippen LogP contribution in [0.15, 0.2) is 54.2 Å². The highest BCUT2D eigenvalue weighted by Crippen LogP contribution is 2.13. The van der Waals surface area contributed by atoms with Crippen LogP contribution in [0.2, 0.25) is 0 Å². The van der Waals surface area contributed by atoms with Gasteiger partial charge >= 0.3 is 0 Å². The van der Waals surface area contributed by atoms with Crippen molar-refractivity contribution in [3.63, 3.8) is 0 Å². The average Bonchev–Trinajstić information content (AvgIpc) is 3.25. The number of aromatic nitrogens is 3. The molecule has 6 nitrogen and oxygen atoms in total. The van der Waals surface area contributed by atoms with Gasteiger partial charge in [0.25, 0.3) is 5.91 Å². The van der Waals surface area contributed by atoms with E-state index in [1.807, 2.05) is 48.0 Å². The molecule has 2 aromatic heterocycles. The SMILES string of the molecule is O=C(COc1ccccc1)NCCc1csc(-n2cccn2)n1. The highest BCUT2D eigenvalue weighted by Gasteiger charge is 2.06. The third kappa shape index (κ3) is 4.40. The quantitative estimate of drug-likeness (QED) is 0.721. The van der Waals surface area contributed by atoms with Gasteiger partial charge in [0, 0.05) is 30.7 Å². The van der Waals surface area contributed by atoms with Crippen LogP contribution in [0, 0.1) is 0 Å². The molecule has 0 saturated heterocycles. The molecule has 0 atom stereocenters. The summed E-state index contributed by atoms with van der Waals surface area (Å²) in [6, 6.07) is 11.1. The number of rotatable bonds is 7. The van der Waals surface area contributed by atoms with E-state index in [4.69, 9.17) is 4.74 Å². The Bertz CT molecular complexity index is 741. The van der Waals surface area contributed by atoms with Crippen LogP contribution in [0.3, 0.4) is 0 Å². The number of carbonyl (C=O) groups excluding carboxylic acids is 1. The van der Waals surface area contributed by atoms with Crippen LogP contribution in [0.4, 0.5) is 0 Å². The lowest BCUT2D eigenvalue weighted by molar-refractivity contribution is -0.123. The van der Waals surface area contributed by atoms with E-state index in [0.29, 0.717) is 18.7 Å². The molecule has 118 valence electrons. The molecule has 1 amide bonds. The van der Waals surface area contributed by atoms with Crippen LogP contribution in [-0.4, -0.2) is 33.8 Å². The second-order valence-corrected chi connectivity index (χ2v) is 5.61. The highest BCUT2D eigenvalue weighted by molar-refractivity contribution is 7.12. The van der Waals surface area contributed by atoms with Gasteiger partial charge in [0.2, 0.25) is 5.13 Å². The molecule has 0 spiro atoms. The van der Waals surface area contributed by atoms with Crippen LogP contribution in [-0.2, 0) is 11.2 Å². The van der Waals surface area contributed by atoms with Crippen molar-refractivity contribution in [3.8, 4) is 10.9 Å². The Morgan fingerprint density at radius 2 is 2.13 bits per heavy atom. The number of amides is 1. The van der Waals surface area contributed by atoms with Gasteiger partial charge in [0.15, 0.2) is 6.61 Å². The van der Waals surface area contributed by atoms with E-state index in [9.17, 15) is 4.79 Å². The van der Waals surface area contributed by atoms with E-state index in [0.717, 1.165) is 10.8 Å². The normalized spacial score (nSPS) is 10.4. The Morgan fingerprint density at radius 1 is 1.26 bits per heavy atom. The van der Waals surface area contributed by atoms with Gasteiger partial charge in [-0.3, -0.25) is 4.79 Å². The Labute approximate surface area is 137 Å². The lowest BCUT2D eigenvalue weighted by atomic mass is 10.3. The van der Waals surface area contributed by atoms with E-state index in [2.05, 4.69) is 15.4 Å². The van der Waals surface area contributed by atoms with Crippen molar-refractivity contribution in [2.24, 2.45) is 0 Å². The van der Waals surface area contributed by atoms with Gasteiger partial charge in [-0.15, -0.1) is 11.3 Å². The number of nitrogens with zero attached hydrogens (tertiary/aromatic N) is 3. The fourth-order valence-electron chi connectivity index (χ4n) is 1.94. The van der Waals surface area contributed by atoms with E-state index >= 15 is 0 Å². The molecule has 0 unspecified atom stereocenters. The second kappa shape index (κ2) is 7.55. The summed E-state index contributed by atoms with van der Waals surface area (Å²) in [5.74, 6) is 0.544. The minimum Gasteiger partial charge on any atom is -0.484 e. The number of para-hydroxylation sites is 1. The maximum Gasteiger partial charge on any atom is 0.257 e. The summed E-state index contributed by atoms with van der Waals surface area (Å²) < 4.78 is 7.11. The van der Waals surface area contributed by atoms with Gasteiger partial charge in [-0.05, 0) is 18.2 Å². The predicted octanol–water partition coefficient (Wildman–Crippen LogP) is 2.07. The predicted molar refractivity (Wildman–Crippen MR) is 87.9 cm³/mol. The summed E-state index contributed by atoms with van der Waals surface area (Å²) in [4.78, 5) is 16.2. The Morgan fingerprint density at radius 3 is 2.91 bits per heavy atom. The molecule has 0 aliphatic carbocycles. The first-order chi connectivity index (χ1) is 11.3. The lowest BCUT2D eigenvalue weighted by Gasteiger charge is -2.06. The minimum atomic E-state index is -0.142. The van der Waals surface area contributed by atoms with Gasteiger partial charge in [-0.2, -0.15) is 5.10 Å². The molecule has 0 aliphatic heterocycles. The molecule has 7 heteroatoms. The van der Waals surface area contributed by atoms with Crippen molar-refractivity contribution in [1.82, 2.24) is 20.1 Å². The number of hydrogen-bond donors (Lipinski definition) is 1. The number of carbonyl (C=O) groups is 1. The first-order valence-corrected chi connectivity index (χ1v) is 8.08. The van der Waals surface area contributed by atoms with Crippen LogP contribution >= 0.6 is 11.3 Å². The molecule has 0 bridgehead atoms. The summed E-state index contributed by atoms with van der Waals surface area (Å²) in [5, 5.41) is 9.76. The zero-order chi connectivity index (χ0) is 15.9. The zero-order valence-corrected chi connectivity index (χ0v) is 13.2. The summed E-state index contributed by atoms with van der Waals surface area (Å²) in [7, 11) is 0. The van der Waals surface area contributed by atoms with Crippen LogP contribution < -0.4 is 10.1 Å². The molecule has 0 radical (unpaired) electrons. The molecule has 23 heavy (non-hydrogen) atoms. The largest absolute Gasteiger partial charge is 0.484 e. The van der Waals surface area contributed by atoms with Crippen molar-refractivity contribution in [1.29, 1.82) is 0 Å². The fourth-order valence-corrected chi connectivity index (χ4v) is 2.74. The van der Waals surface area contributed by atoms with Crippen molar-refractivity contribution in [2.75, 3.05) is 13.2 Å². The van der Waals surface area contributed by atoms with Gasteiger partial charge in [-0.1, -0.05) is 18.2 Å². The molecule has 2 heterocycles. The Hall–Kier alpha value is -2.67. The van der Waals surface area contributed by atoms with Crippen LogP contribution in [0.1, 0.15) is 5.69 Å². The monoisotopic (exact) mass is 328 g/mol. The topological polar surface area (TPSA) is 69.0 Å². The maximum atomic E-state index is 11.7. The second-order valence-electron chi connectivity index (χ2n) is 4.77. The van der Waals surface area contributed by atoms with Crippen molar-refractivity contribution >= 4 is 17.2 Å². The van der Waals surface area contributed by atoms with E-state index in [1.54, 1.807) is 10.9 Å². The zero-order valence-electron chi connectivity index (χ0n) is 12.4. The summed E-state index contributed by atoms with van der Waals surface area (Å²) >= 11 is 1.53. The molecule has 0 saturated carbocycles. The summed E-state index contributed by atoms with van der Waals surface area (Å²) in [6.07, 6.45) is 4.24. The van der Waals surface area contributed by atoms with Crippen molar-refractivity contribution in [2.45, 2.75) is 6.42 Å². The maximum absolute atomic E-state index is 11.7. The Kier molecular flexibility index (Phi) is 5.00. The average molecular weight is 328 g/mol. The third-order valence-electron chi connectivity index (χ3n) is 3.06. The van der Waals surface area contributed by atoms with Gasteiger partial charge in [0.1, 0.15) is 5.75 Å². The first kappa shape index (κ1) is 15.2. The molecule has 1 N–H and O–H groups in total. The number of hydrogen-bond acceptors (Lipinski definition) is 5. The minimum absolute atomic E-state index is 0.0135. The molecule has 0 fully saturated rings. The molecule has 3 aromatic rings. The van der Waals surface area contributed by atoms with Gasteiger partial charge < -0.3 is 10.1 Å². The Balaban J connectivity index is 1.40. The number of thiazole rings is 1.